The molecular formula is C18H15FN4O3. The Kier molecular flexibility index (Phi) is 4.49. The molecule has 3 aromatic rings. The van der Waals surface area contributed by atoms with E-state index in [1.807, 2.05) is 0 Å². The van der Waals surface area contributed by atoms with Crippen molar-refractivity contribution in [1.29, 1.82) is 0 Å². The molecule has 0 saturated heterocycles. The molecule has 0 aliphatic rings. The van der Waals surface area contributed by atoms with Gasteiger partial charge in [-0.05, 0) is 43.3 Å². The van der Waals surface area contributed by atoms with Crippen LogP contribution in [0.4, 0.5) is 10.1 Å². The molecule has 0 bridgehead atoms. The molecule has 26 heavy (non-hydrogen) atoms. The minimum absolute atomic E-state index is 0.172. The van der Waals surface area contributed by atoms with E-state index in [9.17, 15) is 18.8 Å². The fourth-order valence-electron chi connectivity index (χ4n) is 2.54. The van der Waals surface area contributed by atoms with Crippen LogP contribution in [-0.2, 0) is 11.3 Å². The minimum Gasteiger partial charge on any atom is -0.368 e. The van der Waals surface area contributed by atoms with Crippen LogP contribution in [0.25, 0.3) is 11.0 Å². The number of hydrogen-bond donors (Lipinski definition) is 2. The van der Waals surface area contributed by atoms with Gasteiger partial charge in [-0.1, -0.05) is 0 Å². The molecule has 3 N–H and O–H groups in total. The van der Waals surface area contributed by atoms with E-state index in [1.165, 1.54) is 35.0 Å². The van der Waals surface area contributed by atoms with Gasteiger partial charge in [0.2, 0.25) is 11.3 Å². The van der Waals surface area contributed by atoms with E-state index in [0.29, 0.717) is 11.4 Å². The van der Waals surface area contributed by atoms with Crippen molar-refractivity contribution in [2.24, 2.45) is 5.73 Å². The Bertz CT molecular complexity index is 1070. The molecule has 0 aliphatic heterocycles. The Balaban J connectivity index is 2.10. The quantitative estimate of drug-likeness (QED) is 0.742. The summed E-state index contributed by atoms with van der Waals surface area (Å²) in [6.45, 7) is 1.51. The number of nitrogens with two attached hydrogens (primary N) is 1. The van der Waals surface area contributed by atoms with Crippen molar-refractivity contribution < 1.29 is 14.0 Å². The Morgan fingerprint density at radius 1 is 1.19 bits per heavy atom. The lowest BCUT2D eigenvalue weighted by Crippen LogP contribution is -2.27. The summed E-state index contributed by atoms with van der Waals surface area (Å²) in [5.74, 6) is -1.76. The number of benzene rings is 1. The zero-order chi connectivity index (χ0) is 18.8. The summed E-state index contributed by atoms with van der Waals surface area (Å²) in [6.07, 6.45) is 1.25. The number of rotatable bonds is 4. The first-order chi connectivity index (χ1) is 12.3. The number of amides is 2. The molecule has 1 aromatic carbocycles. The maximum absolute atomic E-state index is 13.0. The highest BCUT2D eigenvalue weighted by Crippen LogP contribution is 2.13. The van der Waals surface area contributed by atoms with Crippen LogP contribution in [0.15, 0.2) is 47.4 Å². The summed E-state index contributed by atoms with van der Waals surface area (Å²) in [7, 11) is 0. The van der Waals surface area contributed by atoms with Gasteiger partial charge < -0.3 is 15.6 Å². The molecule has 0 unspecified atom stereocenters. The lowest BCUT2D eigenvalue weighted by molar-refractivity contribution is -0.118. The van der Waals surface area contributed by atoms with Crippen LogP contribution < -0.4 is 16.5 Å². The second-order valence-electron chi connectivity index (χ2n) is 5.75. The van der Waals surface area contributed by atoms with E-state index in [-0.39, 0.29) is 23.1 Å². The number of halogens is 1. The summed E-state index contributed by atoms with van der Waals surface area (Å²) in [5, 5.41) is 2.73. The third kappa shape index (κ3) is 3.44. The fourth-order valence-corrected chi connectivity index (χ4v) is 2.54. The maximum Gasteiger partial charge on any atom is 0.261 e. The highest BCUT2D eigenvalue weighted by molar-refractivity contribution is 6.05. The Morgan fingerprint density at radius 2 is 1.88 bits per heavy atom. The molecule has 0 radical (unpaired) electrons. The molecule has 2 heterocycles. The van der Waals surface area contributed by atoms with Gasteiger partial charge in [0.25, 0.3) is 5.91 Å². The number of fused-ring (bicyclic) bond motifs is 1. The van der Waals surface area contributed by atoms with E-state index < -0.39 is 23.1 Å². The largest absolute Gasteiger partial charge is 0.368 e. The Morgan fingerprint density at radius 3 is 2.54 bits per heavy atom. The van der Waals surface area contributed by atoms with Crippen molar-refractivity contribution in [1.82, 2.24) is 9.55 Å². The fraction of sp³-hybridized carbons (Fsp3) is 0.111. The average molecular weight is 354 g/mol. The zero-order valence-corrected chi connectivity index (χ0v) is 13.8. The molecule has 0 atom stereocenters. The third-order valence-corrected chi connectivity index (χ3v) is 3.73. The van der Waals surface area contributed by atoms with Gasteiger partial charge in [-0.25, -0.2) is 9.37 Å². The second-order valence-corrected chi connectivity index (χ2v) is 5.75. The van der Waals surface area contributed by atoms with E-state index in [2.05, 4.69) is 10.3 Å². The van der Waals surface area contributed by atoms with Crippen molar-refractivity contribution in [2.45, 2.75) is 13.5 Å². The van der Waals surface area contributed by atoms with E-state index in [4.69, 9.17) is 5.73 Å². The molecule has 2 amide bonds. The number of hydrogen-bond acceptors (Lipinski definition) is 4. The average Bonchev–Trinajstić information content (AvgIpc) is 2.59. The third-order valence-electron chi connectivity index (χ3n) is 3.73. The van der Waals surface area contributed by atoms with Gasteiger partial charge in [0, 0.05) is 17.6 Å². The van der Waals surface area contributed by atoms with Gasteiger partial charge in [-0.3, -0.25) is 14.4 Å². The minimum atomic E-state index is -0.678. The van der Waals surface area contributed by atoms with Crippen LogP contribution in [0.3, 0.4) is 0 Å². The molecule has 7 nitrogen and oxygen atoms in total. The number of nitrogens with one attached hydrogen (secondary N) is 1. The number of primary amides is 1. The molecule has 0 fully saturated rings. The molecule has 0 aliphatic carbocycles. The number of aromatic nitrogens is 2. The highest BCUT2D eigenvalue weighted by Gasteiger charge is 2.17. The Hall–Kier alpha value is -3.55. The molecule has 132 valence electrons. The molecular weight excluding hydrogens is 339 g/mol. The van der Waals surface area contributed by atoms with Gasteiger partial charge in [-0.2, -0.15) is 0 Å². The van der Waals surface area contributed by atoms with E-state index in [1.54, 1.807) is 19.1 Å². The number of anilines is 1. The Labute approximate surface area is 147 Å². The molecule has 2 aromatic heterocycles. The summed E-state index contributed by atoms with van der Waals surface area (Å²) in [5.41, 5.74) is 5.82. The van der Waals surface area contributed by atoms with Gasteiger partial charge in [0.1, 0.15) is 23.6 Å². The number of aryl methyl sites for hydroxylation is 1. The van der Waals surface area contributed by atoms with Gasteiger partial charge in [0.05, 0.1) is 5.39 Å². The SMILES string of the molecule is Cc1ccc2c(=O)c(C(=O)Nc3ccc(F)cc3)cn(CC(N)=O)c2n1. The molecule has 8 heteroatoms. The van der Waals surface area contributed by atoms with Crippen molar-refractivity contribution in [3.05, 3.63) is 69.9 Å². The normalized spacial score (nSPS) is 10.7. The maximum atomic E-state index is 13.0. The molecule has 0 saturated carbocycles. The van der Waals surface area contributed by atoms with Crippen LogP contribution in [0, 0.1) is 12.7 Å². The van der Waals surface area contributed by atoms with Crippen molar-refractivity contribution in [3.63, 3.8) is 0 Å². The lowest BCUT2D eigenvalue weighted by Gasteiger charge is -2.12. The second kappa shape index (κ2) is 6.75. The zero-order valence-electron chi connectivity index (χ0n) is 13.8. The van der Waals surface area contributed by atoms with Crippen LogP contribution in [0.5, 0.6) is 0 Å². The summed E-state index contributed by atoms with van der Waals surface area (Å²) < 4.78 is 14.3. The number of pyridine rings is 2. The molecule has 3 rings (SSSR count). The summed E-state index contributed by atoms with van der Waals surface area (Å²) in [6, 6.07) is 8.32. The lowest BCUT2D eigenvalue weighted by atomic mass is 10.1. The monoisotopic (exact) mass is 354 g/mol. The van der Waals surface area contributed by atoms with Crippen molar-refractivity contribution in [2.75, 3.05) is 5.32 Å². The van der Waals surface area contributed by atoms with Gasteiger partial charge in [-0.15, -0.1) is 0 Å². The van der Waals surface area contributed by atoms with Gasteiger partial charge in [0.15, 0.2) is 0 Å². The van der Waals surface area contributed by atoms with Gasteiger partial charge >= 0.3 is 0 Å². The van der Waals surface area contributed by atoms with E-state index in [0.717, 1.165) is 0 Å². The first kappa shape index (κ1) is 17.3. The van der Waals surface area contributed by atoms with E-state index >= 15 is 0 Å². The highest BCUT2D eigenvalue weighted by atomic mass is 19.1. The van der Waals surface area contributed by atoms with Crippen LogP contribution in [-0.4, -0.2) is 21.4 Å². The first-order valence-corrected chi connectivity index (χ1v) is 7.71. The number of carbonyl (C=O) groups is 2. The van der Waals surface area contributed by atoms with Crippen LogP contribution in [0.2, 0.25) is 0 Å². The predicted octanol–water partition coefficient (Wildman–Crippen LogP) is 1.58. The molecule has 0 spiro atoms. The number of nitrogens with zero attached hydrogens (tertiary/aromatic N) is 2. The van der Waals surface area contributed by atoms with Crippen molar-refractivity contribution >= 4 is 28.5 Å². The summed E-state index contributed by atoms with van der Waals surface area (Å²) >= 11 is 0. The summed E-state index contributed by atoms with van der Waals surface area (Å²) in [4.78, 5) is 40.8. The smallest absolute Gasteiger partial charge is 0.261 e. The predicted molar refractivity (Wildman–Crippen MR) is 94.3 cm³/mol. The van der Waals surface area contributed by atoms with Crippen molar-refractivity contribution in [3.8, 4) is 0 Å². The first-order valence-electron chi connectivity index (χ1n) is 7.71. The van der Waals surface area contributed by atoms with Crippen LogP contribution in [0.1, 0.15) is 16.1 Å². The topological polar surface area (TPSA) is 107 Å². The standard InChI is InChI=1S/C18H15FN4O3/c1-10-2-7-13-16(25)14(8-23(9-15(20)24)17(13)21-10)18(26)22-12-5-3-11(19)4-6-12/h2-8H,9H2,1H3,(H2,20,24)(H,22,26). The van der Waals surface area contributed by atoms with Crippen LogP contribution >= 0.6 is 0 Å². The number of carbonyl (C=O) groups excluding carboxylic acids is 2.